The lowest BCUT2D eigenvalue weighted by Crippen LogP contribution is -2.02. The lowest BCUT2D eigenvalue weighted by molar-refractivity contribution is -0.385. The van der Waals surface area contributed by atoms with E-state index in [1.54, 1.807) is 0 Å². The van der Waals surface area contributed by atoms with Crippen LogP contribution in [0, 0.1) is 30.3 Å². The first kappa shape index (κ1) is 44.2. The Morgan fingerprint density at radius 2 is 0.591 bits per heavy atom. The van der Waals surface area contributed by atoms with E-state index in [9.17, 15) is 44.7 Å². The highest BCUT2D eigenvalue weighted by molar-refractivity contribution is 6.08. The van der Waals surface area contributed by atoms with Gasteiger partial charge < -0.3 is 14.2 Å². The molecule has 0 bridgehead atoms. The lowest BCUT2D eigenvalue weighted by Gasteiger charge is -2.10. The number of carbonyl (C=O) groups excluding carboxylic acids is 3. The second-order valence-electron chi connectivity index (χ2n) is 13.7. The molecule has 6 aromatic carbocycles. The van der Waals surface area contributed by atoms with E-state index in [-0.39, 0.29) is 69.7 Å². The molecule has 0 atom stereocenters. The van der Waals surface area contributed by atoms with Crippen molar-refractivity contribution in [3.05, 3.63) is 228 Å². The molecule has 0 saturated heterocycles. The third kappa shape index (κ3) is 12.0. The Bertz CT molecular complexity index is 2700. The number of carbonyl (C=O) groups is 3. The summed E-state index contributed by atoms with van der Waals surface area (Å²) in [6.07, 6.45) is 8.59. The Morgan fingerprint density at radius 1 is 0.364 bits per heavy atom. The summed E-state index contributed by atoms with van der Waals surface area (Å²) in [6, 6.07) is 34.5. The van der Waals surface area contributed by atoms with Crippen molar-refractivity contribution in [2.24, 2.45) is 0 Å². The van der Waals surface area contributed by atoms with Crippen LogP contribution in [0.4, 0.5) is 17.1 Å². The minimum absolute atomic E-state index is 0.0721. The second kappa shape index (κ2) is 20.4. The molecule has 0 radical (unpaired) electrons. The predicted octanol–water partition coefficient (Wildman–Crippen LogP) is 10.7. The standard InChI is InChI=1S/C48H30N6O12/c55-43(28-7-31-1-16-37(17-2-31)52(58)59)34-10-22-40(23-11-34)64-46-49-47(65-41-24-12-35(13-25-41)44(56)29-8-32-3-18-38(19-4-32)53(60)61)51-48(50-46)66-42-26-14-36(15-27-42)45(57)30-9-33-5-20-39(21-6-33)54(62)63/h1-30H/b28-7+,29-8+,30-9+. The fraction of sp³-hybridized carbons (Fsp3) is 0. The van der Waals surface area contributed by atoms with Gasteiger partial charge in [0.15, 0.2) is 17.3 Å². The molecule has 0 fully saturated rings. The zero-order valence-corrected chi connectivity index (χ0v) is 33.9. The highest BCUT2D eigenvalue weighted by Crippen LogP contribution is 2.28. The molecule has 324 valence electrons. The summed E-state index contributed by atoms with van der Waals surface area (Å²) in [5.74, 6) is -0.344. The maximum absolute atomic E-state index is 12.9. The number of nitrogens with zero attached hydrogens (tertiary/aromatic N) is 6. The number of ether oxygens (including phenoxy) is 3. The molecule has 0 unspecified atom stereocenters. The third-order valence-electron chi connectivity index (χ3n) is 9.21. The molecular formula is C48H30N6O12. The van der Waals surface area contributed by atoms with Crippen molar-refractivity contribution in [2.45, 2.75) is 0 Å². The van der Waals surface area contributed by atoms with Gasteiger partial charge in [-0.2, -0.15) is 0 Å². The summed E-state index contributed by atoms with van der Waals surface area (Å²) < 4.78 is 17.7. The maximum atomic E-state index is 12.9. The lowest BCUT2D eigenvalue weighted by atomic mass is 10.1. The molecule has 0 spiro atoms. The molecule has 0 aliphatic heterocycles. The Kier molecular flexibility index (Phi) is 13.6. The average molecular weight is 883 g/mol. The number of nitro groups is 3. The van der Waals surface area contributed by atoms with E-state index in [4.69, 9.17) is 14.2 Å². The minimum Gasteiger partial charge on any atom is -0.424 e. The van der Waals surface area contributed by atoms with E-state index in [2.05, 4.69) is 15.0 Å². The van der Waals surface area contributed by atoms with Crippen LogP contribution in [0.25, 0.3) is 18.2 Å². The van der Waals surface area contributed by atoms with Gasteiger partial charge in [-0.25, -0.2) is 0 Å². The molecule has 0 saturated carbocycles. The summed E-state index contributed by atoms with van der Waals surface area (Å²) >= 11 is 0. The van der Waals surface area contributed by atoms with Crippen LogP contribution in [0.1, 0.15) is 47.8 Å². The van der Waals surface area contributed by atoms with E-state index in [0.29, 0.717) is 33.4 Å². The molecule has 0 amide bonds. The highest BCUT2D eigenvalue weighted by Gasteiger charge is 2.15. The smallest absolute Gasteiger partial charge is 0.331 e. The number of rotatable bonds is 18. The minimum atomic E-state index is -0.515. The summed E-state index contributed by atoms with van der Waals surface area (Å²) in [5, 5.41) is 32.8. The van der Waals surface area contributed by atoms with Crippen LogP contribution in [0.3, 0.4) is 0 Å². The number of non-ortho nitro benzene ring substituents is 3. The first-order valence-electron chi connectivity index (χ1n) is 19.4. The predicted molar refractivity (Wildman–Crippen MR) is 239 cm³/mol. The van der Waals surface area contributed by atoms with E-state index >= 15 is 0 Å². The molecule has 7 aromatic rings. The van der Waals surface area contributed by atoms with Crippen molar-refractivity contribution < 1.29 is 43.4 Å². The third-order valence-corrected chi connectivity index (χ3v) is 9.21. The molecule has 7 rings (SSSR count). The van der Waals surface area contributed by atoms with E-state index in [1.165, 1.54) is 182 Å². The molecule has 0 aliphatic rings. The number of hydrogen-bond acceptors (Lipinski definition) is 15. The molecule has 0 aliphatic carbocycles. The molecule has 18 nitrogen and oxygen atoms in total. The van der Waals surface area contributed by atoms with Gasteiger partial charge in [-0.05, 0) is 144 Å². The molecule has 1 aromatic heterocycles. The fourth-order valence-electron chi connectivity index (χ4n) is 5.76. The van der Waals surface area contributed by atoms with Crippen molar-refractivity contribution >= 4 is 52.6 Å². The van der Waals surface area contributed by atoms with Gasteiger partial charge in [0.25, 0.3) is 17.1 Å². The van der Waals surface area contributed by atoms with Crippen LogP contribution in [0.5, 0.6) is 35.3 Å². The van der Waals surface area contributed by atoms with Crippen LogP contribution in [-0.4, -0.2) is 47.1 Å². The van der Waals surface area contributed by atoms with E-state index in [1.807, 2.05) is 0 Å². The maximum Gasteiger partial charge on any atom is 0.331 e. The van der Waals surface area contributed by atoms with Gasteiger partial charge in [0.2, 0.25) is 0 Å². The Labute approximate surface area is 372 Å². The normalized spacial score (nSPS) is 11.1. The van der Waals surface area contributed by atoms with Crippen LogP contribution in [0.2, 0.25) is 0 Å². The molecule has 0 N–H and O–H groups in total. The molecule has 1 heterocycles. The van der Waals surface area contributed by atoms with Crippen LogP contribution >= 0.6 is 0 Å². The number of benzene rings is 6. The van der Waals surface area contributed by atoms with Crippen LogP contribution in [0.15, 0.2) is 164 Å². The zero-order chi connectivity index (χ0) is 46.6. The molecule has 66 heavy (non-hydrogen) atoms. The number of aromatic nitrogens is 3. The number of allylic oxidation sites excluding steroid dienone is 3. The van der Waals surface area contributed by atoms with E-state index in [0.717, 1.165) is 0 Å². The zero-order valence-electron chi connectivity index (χ0n) is 33.9. The summed E-state index contributed by atoms with van der Waals surface area (Å²) in [4.78, 5) is 82.7. The van der Waals surface area contributed by atoms with Crippen molar-refractivity contribution in [1.29, 1.82) is 0 Å². The first-order chi connectivity index (χ1) is 31.8. The van der Waals surface area contributed by atoms with Gasteiger partial charge in [-0.15, -0.1) is 15.0 Å². The van der Waals surface area contributed by atoms with Crippen LogP contribution in [-0.2, 0) is 0 Å². The van der Waals surface area contributed by atoms with Gasteiger partial charge in [0.05, 0.1) is 14.8 Å². The monoisotopic (exact) mass is 882 g/mol. The highest BCUT2D eigenvalue weighted by atomic mass is 16.6. The van der Waals surface area contributed by atoms with Crippen molar-refractivity contribution in [3.8, 4) is 35.3 Å². The summed E-state index contributed by atoms with van der Waals surface area (Å²) in [5.41, 5.74) is 2.52. The van der Waals surface area contributed by atoms with Gasteiger partial charge in [-0.1, -0.05) is 18.2 Å². The van der Waals surface area contributed by atoms with Gasteiger partial charge >= 0.3 is 18.0 Å². The number of hydrogen-bond donors (Lipinski definition) is 0. The van der Waals surface area contributed by atoms with Gasteiger partial charge in [-0.3, -0.25) is 44.7 Å². The summed E-state index contributed by atoms with van der Waals surface area (Å²) in [6.45, 7) is 0. The Hall–Kier alpha value is -9.84. The van der Waals surface area contributed by atoms with Crippen molar-refractivity contribution in [3.63, 3.8) is 0 Å². The molecular weight excluding hydrogens is 853 g/mol. The largest absolute Gasteiger partial charge is 0.424 e. The van der Waals surface area contributed by atoms with Crippen molar-refractivity contribution in [2.75, 3.05) is 0 Å². The second-order valence-corrected chi connectivity index (χ2v) is 13.7. The quantitative estimate of drug-likeness (QED) is 0.0336. The Balaban J connectivity index is 1.06. The summed E-state index contributed by atoms with van der Waals surface area (Å²) in [7, 11) is 0. The fourth-order valence-corrected chi connectivity index (χ4v) is 5.76. The Morgan fingerprint density at radius 3 is 0.803 bits per heavy atom. The van der Waals surface area contributed by atoms with E-state index < -0.39 is 14.8 Å². The average Bonchev–Trinajstić information content (AvgIpc) is 3.32. The van der Waals surface area contributed by atoms with Crippen molar-refractivity contribution in [1.82, 2.24) is 15.0 Å². The molecule has 18 heteroatoms. The van der Waals surface area contributed by atoms with Gasteiger partial charge in [0, 0.05) is 53.1 Å². The number of nitro benzene ring substituents is 3. The number of ketones is 3. The first-order valence-corrected chi connectivity index (χ1v) is 19.4. The van der Waals surface area contributed by atoms with Crippen LogP contribution < -0.4 is 14.2 Å². The topological polar surface area (TPSA) is 247 Å². The van der Waals surface area contributed by atoms with Gasteiger partial charge in [0.1, 0.15) is 17.2 Å². The SMILES string of the molecule is O=C(/C=C/c1ccc([N+](=O)[O-])cc1)c1ccc(Oc2nc(Oc3ccc(C(=O)/C=C/c4ccc([N+](=O)[O-])cc4)cc3)nc(Oc3ccc(C(=O)/C=C/c4ccc([N+](=O)[O-])cc4)cc3)n2)cc1.